The first-order valence-electron chi connectivity index (χ1n) is 5.98. The van der Waals surface area contributed by atoms with E-state index < -0.39 is 0 Å². The van der Waals surface area contributed by atoms with Gasteiger partial charge in [0.2, 0.25) is 5.91 Å². The number of nitrogens with two attached hydrogens (primary N) is 1. The van der Waals surface area contributed by atoms with Crippen LogP contribution in [0.15, 0.2) is 0 Å². The number of hydrogen-bond acceptors (Lipinski definition) is 2. The van der Waals surface area contributed by atoms with Crippen molar-refractivity contribution in [3.05, 3.63) is 0 Å². The van der Waals surface area contributed by atoms with Crippen LogP contribution in [0, 0.1) is 17.3 Å². The molecular weight excluding hydrogens is 188 g/mol. The maximum atomic E-state index is 11.7. The average molecular weight is 212 g/mol. The molecule has 15 heavy (non-hydrogen) atoms. The second-order valence-corrected chi connectivity index (χ2v) is 5.29. The van der Waals surface area contributed by atoms with Crippen molar-refractivity contribution in [3.63, 3.8) is 0 Å². The minimum atomic E-state index is 0.110. The van der Waals surface area contributed by atoms with Crippen molar-refractivity contribution >= 4 is 5.91 Å². The van der Waals surface area contributed by atoms with E-state index in [0.717, 1.165) is 19.5 Å². The molecule has 1 atom stereocenters. The van der Waals surface area contributed by atoms with Crippen molar-refractivity contribution in [2.45, 2.75) is 40.0 Å². The van der Waals surface area contributed by atoms with Crippen LogP contribution < -0.4 is 11.1 Å². The summed E-state index contributed by atoms with van der Waals surface area (Å²) in [6.07, 6.45) is 3.49. The van der Waals surface area contributed by atoms with Crippen LogP contribution in [-0.4, -0.2) is 19.0 Å². The van der Waals surface area contributed by atoms with Gasteiger partial charge in [-0.3, -0.25) is 4.79 Å². The summed E-state index contributed by atoms with van der Waals surface area (Å²) >= 11 is 0. The highest BCUT2D eigenvalue weighted by Gasteiger charge is 2.41. The Morgan fingerprint density at radius 2 is 2.00 bits per heavy atom. The van der Waals surface area contributed by atoms with E-state index in [2.05, 4.69) is 19.2 Å². The molecule has 3 nitrogen and oxygen atoms in total. The molecule has 1 aliphatic carbocycles. The molecular formula is C12H24N2O. The van der Waals surface area contributed by atoms with E-state index in [0.29, 0.717) is 11.3 Å². The topological polar surface area (TPSA) is 55.1 Å². The maximum absolute atomic E-state index is 11.7. The summed E-state index contributed by atoms with van der Waals surface area (Å²) in [4.78, 5) is 11.7. The van der Waals surface area contributed by atoms with Crippen molar-refractivity contribution < 1.29 is 4.79 Å². The minimum Gasteiger partial charge on any atom is -0.355 e. The molecule has 0 spiro atoms. The van der Waals surface area contributed by atoms with Crippen LogP contribution in [0.1, 0.15) is 40.0 Å². The number of rotatable bonds is 6. The number of nitrogens with one attached hydrogen (secondary N) is 1. The normalized spacial score (nSPS) is 20.1. The van der Waals surface area contributed by atoms with Gasteiger partial charge in [-0.15, -0.1) is 0 Å². The van der Waals surface area contributed by atoms with Crippen molar-refractivity contribution in [1.29, 1.82) is 0 Å². The zero-order chi connectivity index (χ0) is 11.5. The second kappa shape index (κ2) is 4.97. The van der Waals surface area contributed by atoms with E-state index in [-0.39, 0.29) is 11.8 Å². The second-order valence-electron chi connectivity index (χ2n) is 5.29. The van der Waals surface area contributed by atoms with Crippen LogP contribution in [0.5, 0.6) is 0 Å². The van der Waals surface area contributed by atoms with Gasteiger partial charge in [0.05, 0.1) is 0 Å². The van der Waals surface area contributed by atoms with Gasteiger partial charge in [0.15, 0.2) is 0 Å². The first kappa shape index (κ1) is 12.5. The van der Waals surface area contributed by atoms with Crippen molar-refractivity contribution in [1.82, 2.24) is 5.32 Å². The molecule has 1 unspecified atom stereocenters. The molecule has 0 heterocycles. The predicted molar refractivity (Wildman–Crippen MR) is 62.4 cm³/mol. The number of hydrogen-bond donors (Lipinski definition) is 2. The summed E-state index contributed by atoms with van der Waals surface area (Å²) in [6.45, 7) is 7.70. The summed E-state index contributed by atoms with van der Waals surface area (Å²) < 4.78 is 0. The van der Waals surface area contributed by atoms with Gasteiger partial charge < -0.3 is 11.1 Å². The lowest BCUT2D eigenvalue weighted by molar-refractivity contribution is -0.125. The molecule has 0 aliphatic heterocycles. The first-order chi connectivity index (χ1) is 7.01. The Labute approximate surface area is 92.8 Å². The maximum Gasteiger partial charge on any atom is 0.223 e. The largest absolute Gasteiger partial charge is 0.355 e. The van der Waals surface area contributed by atoms with Crippen LogP contribution in [-0.2, 0) is 4.79 Å². The monoisotopic (exact) mass is 212 g/mol. The summed E-state index contributed by atoms with van der Waals surface area (Å²) in [7, 11) is 0. The zero-order valence-corrected chi connectivity index (χ0v) is 10.2. The zero-order valence-electron chi connectivity index (χ0n) is 10.2. The molecule has 0 saturated heterocycles. The van der Waals surface area contributed by atoms with Gasteiger partial charge in [-0.1, -0.05) is 20.8 Å². The molecule has 3 N–H and O–H groups in total. The van der Waals surface area contributed by atoms with Crippen LogP contribution in [0.3, 0.4) is 0 Å². The predicted octanol–water partition coefficient (Wildman–Crippen LogP) is 1.52. The third-order valence-electron chi connectivity index (χ3n) is 3.68. The van der Waals surface area contributed by atoms with Gasteiger partial charge in [0, 0.05) is 12.5 Å². The van der Waals surface area contributed by atoms with Gasteiger partial charge in [0.25, 0.3) is 0 Å². The number of amides is 1. The number of carbonyl (C=O) groups is 1. The van der Waals surface area contributed by atoms with E-state index in [4.69, 9.17) is 5.73 Å². The quantitative estimate of drug-likeness (QED) is 0.701. The van der Waals surface area contributed by atoms with Gasteiger partial charge in [-0.2, -0.15) is 0 Å². The highest BCUT2D eigenvalue weighted by Crippen LogP contribution is 2.47. The average Bonchev–Trinajstić information content (AvgIpc) is 2.94. The molecule has 1 rings (SSSR count). The van der Waals surface area contributed by atoms with Crippen LogP contribution in [0.25, 0.3) is 0 Å². The molecule has 1 fully saturated rings. The van der Waals surface area contributed by atoms with Crippen molar-refractivity contribution in [2.24, 2.45) is 23.0 Å². The van der Waals surface area contributed by atoms with E-state index >= 15 is 0 Å². The van der Waals surface area contributed by atoms with Crippen LogP contribution in [0.2, 0.25) is 0 Å². The lowest BCUT2D eigenvalue weighted by Gasteiger charge is -2.19. The Hall–Kier alpha value is -0.570. The molecule has 1 aliphatic rings. The summed E-state index contributed by atoms with van der Waals surface area (Å²) in [6, 6.07) is 0. The molecule has 0 aromatic carbocycles. The fourth-order valence-electron chi connectivity index (χ4n) is 1.74. The summed E-state index contributed by atoms with van der Waals surface area (Å²) in [5.74, 6) is 0.710. The third-order valence-corrected chi connectivity index (χ3v) is 3.68. The third kappa shape index (κ3) is 3.49. The molecule has 0 aromatic heterocycles. The van der Waals surface area contributed by atoms with Gasteiger partial charge in [-0.25, -0.2) is 0 Å². The summed E-state index contributed by atoms with van der Waals surface area (Å²) in [5.41, 5.74) is 5.90. The van der Waals surface area contributed by atoms with E-state index in [1.54, 1.807) is 0 Å². The van der Waals surface area contributed by atoms with E-state index in [1.807, 2.05) is 6.92 Å². The SMILES string of the molecule is CC(C)C(C)C(=O)NCC1(CCN)CC1. The molecule has 3 heteroatoms. The Bertz CT molecular complexity index is 222. The van der Waals surface area contributed by atoms with Gasteiger partial charge >= 0.3 is 0 Å². The van der Waals surface area contributed by atoms with Crippen molar-refractivity contribution in [2.75, 3.05) is 13.1 Å². The van der Waals surface area contributed by atoms with E-state index in [1.165, 1.54) is 12.8 Å². The smallest absolute Gasteiger partial charge is 0.223 e. The van der Waals surface area contributed by atoms with Gasteiger partial charge in [-0.05, 0) is 37.1 Å². The van der Waals surface area contributed by atoms with Crippen molar-refractivity contribution in [3.8, 4) is 0 Å². The standard InChI is InChI=1S/C12H24N2O/c1-9(2)10(3)11(15)14-8-12(4-5-12)6-7-13/h9-10H,4-8,13H2,1-3H3,(H,14,15). The minimum absolute atomic E-state index is 0.110. The molecule has 0 bridgehead atoms. The summed E-state index contributed by atoms with van der Waals surface area (Å²) in [5, 5.41) is 3.06. The Balaban J connectivity index is 2.28. The number of carbonyl (C=O) groups excluding carboxylic acids is 1. The van der Waals surface area contributed by atoms with Crippen LogP contribution >= 0.6 is 0 Å². The fourth-order valence-corrected chi connectivity index (χ4v) is 1.74. The molecule has 0 aromatic rings. The molecule has 88 valence electrons. The highest BCUT2D eigenvalue weighted by molar-refractivity contribution is 5.78. The van der Waals surface area contributed by atoms with Crippen LogP contribution in [0.4, 0.5) is 0 Å². The first-order valence-corrected chi connectivity index (χ1v) is 5.98. The Morgan fingerprint density at radius 1 is 1.40 bits per heavy atom. The highest BCUT2D eigenvalue weighted by atomic mass is 16.1. The molecule has 1 saturated carbocycles. The molecule has 0 radical (unpaired) electrons. The lowest BCUT2D eigenvalue weighted by atomic mass is 9.96. The molecule has 1 amide bonds. The fraction of sp³-hybridized carbons (Fsp3) is 0.917. The Morgan fingerprint density at radius 3 is 2.40 bits per heavy atom. The van der Waals surface area contributed by atoms with E-state index in [9.17, 15) is 4.79 Å². The Kier molecular flexibility index (Phi) is 4.14. The lowest BCUT2D eigenvalue weighted by Crippen LogP contribution is -2.36. The van der Waals surface area contributed by atoms with Gasteiger partial charge in [0.1, 0.15) is 0 Å².